The first kappa shape index (κ1) is 16.4. The van der Waals surface area contributed by atoms with Crippen LogP contribution in [0.5, 0.6) is 0 Å². The molecular weight excluding hydrogens is 348 g/mol. The molecule has 6 heteroatoms. The second-order valence-corrected chi connectivity index (χ2v) is 6.73. The molecule has 0 aliphatic heterocycles. The van der Waals surface area contributed by atoms with Crippen molar-refractivity contribution in [1.29, 1.82) is 0 Å². The molecule has 2 heterocycles. The number of hydrogen-bond acceptors (Lipinski definition) is 4. The number of H-pyrrole nitrogens is 2. The maximum absolute atomic E-state index is 4.56. The molecule has 0 atom stereocenters. The molecule has 28 heavy (non-hydrogen) atoms. The minimum absolute atomic E-state index is 0.707. The SMILES string of the molecule is c1cc(CNc2nc3ccccc3[nH]2)cc(CNc2nc3ccccc3[nH]2)c1. The third-order valence-electron chi connectivity index (χ3n) is 4.69. The predicted molar refractivity (Wildman–Crippen MR) is 113 cm³/mol. The summed E-state index contributed by atoms with van der Waals surface area (Å²) in [5, 5.41) is 6.73. The number of fused-ring (bicyclic) bond motifs is 2. The molecule has 0 unspecified atom stereocenters. The van der Waals surface area contributed by atoms with Gasteiger partial charge in [-0.25, -0.2) is 9.97 Å². The van der Waals surface area contributed by atoms with E-state index < -0.39 is 0 Å². The van der Waals surface area contributed by atoms with Crippen LogP contribution in [0.3, 0.4) is 0 Å². The highest BCUT2D eigenvalue weighted by atomic mass is 15.1. The van der Waals surface area contributed by atoms with Gasteiger partial charge in [-0.05, 0) is 35.4 Å². The largest absolute Gasteiger partial charge is 0.352 e. The fraction of sp³-hybridized carbons (Fsp3) is 0.0909. The fourth-order valence-corrected chi connectivity index (χ4v) is 3.29. The van der Waals surface area contributed by atoms with Crippen LogP contribution in [-0.4, -0.2) is 19.9 Å². The number of nitrogens with one attached hydrogen (secondary N) is 4. The molecule has 0 aliphatic rings. The maximum Gasteiger partial charge on any atom is 0.201 e. The van der Waals surface area contributed by atoms with Crippen LogP contribution in [0.2, 0.25) is 0 Å². The highest BCUT2D eigenvalue weighted by Crippen LogP contribution is 2.16. The molecule has 3 aromatic carbocycles. The zero-order valence-corrected chi connectivity index (χ0v) is 15.2. The molecule has 5 aromatic rings. The number of para-hydroxylation sites is 4. The number of hydrogen-bond donors (Lipinski definition) is 4. The summed E-state index contributed by atoms with van der Waals surface area (Å²) in [4.78, 5) is 15.7. The Morgan fingerprint density at radius 3 is 1.61 bits per heavy atom. The van der Waals surface area contributed by atoms with Crippen molar-refractivity contribution in [3.8, 4) is 0 Å². The lowest BCUT2D eigenvalue weighted by atomic mass is 10.1. The Kier molecular flexibility index (Phi) is 4.14. The van der Waals surface area contributed by atoms with E-state index in [0.29, 0.717) is 13.1 Å². The van der Waals surface area contributed by atoms with E-state index in [9.17, 15) is 0 Å². The van der Waals surface area contributed by atoms with Crippen LogP contribution in [0.25, 0.3) is 22.1 Å². The van der Waals surface area contributed by atoms with Gasteiger partial charge < -0.3 is 20.6 Å². The van der Waals surface area contributed by atoms with Gasteiger partial charge in [-0.2, -0.15) is 0 Å². The minimum atomic E-state index is 0.707. The lowest BCUT2D eigenvalue weighted by Crippen LogP contribution is -2.04. The van der Waals surface area contributed by atoms with Crippen LogP contribution < -0.4 is 10.6 Å². The van der Waals surface area contributed by atoms with E-state index in [1.165, 1.54) is 11.1 Å². The van der Waals surface area contributed by atoms with E-state index in [0.717, 1.165) is 34.0 Å². The van der Waals surface area contributed by atoms with Gasteiger partial charge in [0.15, 0.2) is 0 Å². The summed E-state index contributed by atoms with van der Waals surface area (Å²) in [6, 6.07) is 24.5. The van der Waals surface area contributed by atoms with Gasteiger partial charge in [-0.15, -0.1) is 0 Å². The molecule has 4 N–H and O–H groups in total. The van der Waals surface area contributed by atoms with Crippen molar-refractivity contribution in [3.05, 3.63) is 83.9 Å². The second-order valence-electron chi connectivity index (χ2n) is 6.73. The number of aromatic amines is 2. The molecule has 2 aromatic heterocycles. The number of aromatic nitrogens is 4. The lowest BCUT2D eigenvalue weighted by Gasteiger charge is -2.07. The van der Waals surface area contributed by atoms with Crippen LogP contribution in [0.1, 0.15) is 11.1 Å². The average Bonchev–Trinajstić information content (AvgIpc) is 3.34. The van der Waals surface area contributed by atoms with Gasteiger partial charge in [-0.1, -0.05) is 48.5 Å². The van der Waals surface area contributed by atoms with Crippen molar-refractivity contribution >= 4 is 34.0 Å². The van der Waals surface area contributed by atoms with Crippen molar-refractivity contribution in [3.63, 3.8) is 0 Å². The average molecular weight is 368 g/mol. The Labute approximate surface area is 162 Å². The van der Waals surface area contributed by atoms with Crippen molar-refractivity contribution in [2.45, 2.75) is 13.1 Å². The van der Waals surface area contributed by atoms with Gasteiger partial charge in [0, 0.05) is 13.1 Å². The summed E-state index contributed by atoms with van der Waals surface area (Å²) in [6.07, 6.45) is 0. The van der Waals surface area contributed by atoms with Crippen molar-refractivity contribution in [1.82, 2.24) is 19.9 Å². The molecule has 138 valence electrons. The van der Waals surface area contributed by atoms with Crippen LogP contribution in [-0.2, 0) is 13.1 Å². The van der Waals surface area contributed by atoms with Gasteiger partial charge in [-0.3, -0.25) is 0 Å². The third kappa shape index (κ3) is 3.40. The highest BCUT2D eigenvalue weighted by molar-refractivity contribution is 5.77. The summed E-state index contributed by atoms with van der Waals surface area (Å²) in [5.41, 5.74) is 6.40. The molecule has 6 nitrogen and oxygen atoms in total. The molecule has 0 aliphatic carbocycles. The van der Waals surface area contributed by atoms with Gasteiger partial charge in [0.25, 0.3) is 0 Å². The van der Waals surface area contributed by atoms with E-state index >= 15 is 0 Å². The Hall–Kier alpha value is -3.80. The molecule has 0 saturated carbocycles. The van der Waals surface area contributed by atoms with Crippen molar-refractivity contribution < 1.29 is 0 Å². The van der Waals surface area contributed by atoms with E-state index in [-0.39, 0.29) is 0 Å². The van der Waals surface area contributed by atoms with Crippen LogP contribution in [0, 0.1) is 0 Å². The van der Waals surface area contributed by atoms with E-state index in [4.69, 9.17) is 0 Å². The smallest absolute Gasteiger partial charge is 0.201 e. The van der Waals surface area contributed by atoms with Gasteiger partial charge >= 0.3 is 0 Å². The van der Waals surface area contributed by atoms with Crippen LogP contribution in [0.4, 0.5) is 11.9 Å². The van der Waals surface area contributed by atoms with Crippen molar-refractivity contribution in [2.24, 2.45) is 0 Å². The molecule has 0 saturated heterocycles. The monoisotopic (exact) mass is 368 g/mol. The van der Waals surface area contributed by atoms with E-state index in [2.05, 4.69) is 54.8 Å². The summed E-state index contributed by atoms with van der Waals surface area (Å²) < 4.78 is 0. The summed E-state index contributed by atoms with van der Waals surface area (Å²) in [6.45, 7) is 1.41. The fourth-order valence-electron chi connectivity index (χ4n) is 3.29. The van der Waals surface area contributed by atoms with E-state index in [1.807, 2.05) is 48.5 Å². The number of anilines is 2. The second kappa shape index (κ2) is 7.08. The number of rotatable bonds is 6. The Bertz CT molecular complexity index is 1080. The van der Waals surface area contributed by atoms with E-state index in [1.54, 1.807) is 0 Å². The summed E-state index contributed by atoms with van der Waals surface area (Å²) >= 11 is 0. The molecule has 0 bridgehead atoms. The molecule has 0 radical (unpaired) electrons. The first-order valence-corrected chi connectivity index (χ1v) is 9.28. The molecule has 0 amide bonds. The maximum atomic E-state index is 4.56. The number of benzene rings is 3. The first-order chi connectivity index (χ1) is 13.8. The Balaban J connectivity index is 1.24. The molecule has 0 fully saturated rings. The van der Waals surface area contributed by atoms with Gasteiger partial charge in [0.1, 0.15) is 0 Å². The number of imidazole rings is 2. The topological polar surface area (TPSA) is 81.4 Å². The quantitative estimate of drug-likeness (QED) is 0.351. The Morgan fingerprint density at radius 1 is 0.607 bits per heavy atom. The zero-order valence-electron chi connectivity index (χ0n) is 15.2. The standard InChI is InChI=1S/C22H20N6/c1-2-9-18-17(8-1)25-21(26-18)23-13-15-6-5-7-16(12-15)14-24-22-27-19-10-3-4-11-20(19)28-22/h1-12H,13-14H2,(H2,23,25,26)(H2,24,27,28). The normalized spacial score (nSPS) is 11.1. The molecular formula is C22H20N6. The highest BCUT2D eigenvalue weighted by Gasteiger charge is 2.04. The third-order valence-corrected chi connectivity index (χ3v) is 4.69. The lowest BCUT2D eigenvalue weighted by molar-refractivity contribution is 1.06. The van der Waals surface area contributed by atoms with Crippen molar-refractivity contribution in [2.75, 3.05) is 10.6 Å². The molecule has 5 rings (SSSR count). The Morgan fingerprint density at radius 2 is 1.11 bits per heavy atom. The summed E-state index contributed by atoms with van der Waals surface area (Å²) in [7, 11) is 0. The van der Waals surface area contributed by atoms with Crippen LogP contribution >= 0.6 is 0 Å². The minimum Gasteiger partial charge on any atom is -0.352 e. The summed E-state index contributed by atoms with van der Waals surface area (Å²) in [5.74, 6) is 1.57. The van der Waals surface area contributed by atoms with Crippen LogP contribution in [0.15, 0.2) is 72.8 Å². The predicted octanol–water partition coefficient (Wildman–Crippen LogP) is 4.66. The zero-order chi connectivity index (χ0) is 18.8. The van der Waals surface area contributed by atoms with Gasteiger partial charge in [0.05, 0.1) is 22.1 Å². The van der Waals surface area contributed by atoms with Gasteiger partial charge in [0.2, 0.25) is 11.9 Å². The first-order valence-electron chi connectivity index (χ1n) is 9.28. The number of nitrogens with zero attached hydrogens (tertiary/aromatic N) is 2. The molecule has 0 spiro atoms.